The molecule has 3 nitrogen and oxygen atoms in total. The molecule has 1 saturated carbocycles. The first-order chi connectivity index (χ1) is 10.3. The number of fused-ring (bicyclic) bond motifs is 1. The Morgan fingerprint density at radius 3 is 2.67 bits per heavy atom. The van der Waals surface area contributed by atoms with Crippen molar-refractivity contribution in [2.24, 2.45) is 11.8 Å². The van der Waals surface area contributed by atoms with Gasteiger partial charge >= 0.3 is 0 Å². The summed E-state index contributed by atoms with van der Waals surface area (Å²) in [6, 6.07) is 6.92. The molecule has 0 aromatic heterocycles. The van der Waals surface area contributed by atoms with E-state index in [1.54, 1.807) is 0 Å². The van der Waals surface area contributed by atoms with E-state index in [-0.39, 0.29) is 0 Å². The van der Waals surface area contributed by atoms with Crippen molar-refractivity contribution in [2.75, 3.05) is 19.8 Å². The molecule has 0 saturated heterocycles. The molecule has 21 heavy (non-hydrogen) atoms. The first kappa shape index (κ1) is 14.7. The zero-order valence-electron chi connectivity index (χ0n) is 13.2. The molecule has 1 aliphatic heterocycles. The van der Waals surface area contributed by atoms with Crippen LogP contribution in [-0.2, 0) is 0 Å². The summed E-state index contributed by atoms with van der Waals surface area (Å²) in [5, 5.41) is 3.69. The molecule has 116 valence electrons. The van der Waals surface area contributed by atoms with Gasteiger partial charge in [0.25, 0.3) is 0 Å². The number of hydrogen-bond donors (Lipinski definition) is 1. The Morgan fingerprint density at radius 2 is 1.95 bits per heavy atom. The lowest BCUT2D eigenvalue weighted by Gasteiger charge is -2.20. The second-order valence-electron chi connectivity index (χ2n) is 6.62. The molecule has 0 amide bonds. The van der Waals surface area contributed by atoms with Gasteiger partial charge in [-0.2, -0.15) is 0 Å². The zero-order chi connectivity index (χ0) is 14.7. The van der Waals surface area contributed by atoms with Crippen LogP contribution in [0.25, 0.3) is 0 Å². The summed E-state index contributed by atoms with van der Waals surface area (Å²) in [5.74, 6) is 3.16. The van der Waals surface area contributed by atoms with E-state index < -0.39 is 0 Å². The molecule has 2 atom stereocenters. The summed E-state index contributed by atoms with van der Waals surface area (Å²) < 4.78 is 11.7. The fourth-order valence-electron chi connectivity index (χ4n) is 2.83. The molecule has 2 unspecified atom stereocenters. The van der Waals surface area contributed by atoms with Crippen LogP contribution in [0.15, 0.2) is 18.2 Å². The first-order valence-corrected chi connectivity index (χ1v) is 8.39. The third kappa shape index (κ3) is 3.91. The lowest BCUT2D eigenvalue weighted by molar-refractivity contribution is 0.228. The van der Waals surface area contributed by atoms with Crippen LogP contribution in [0.1, 0.15) is 51.1 Å². The van der Waals surface area contributed by atoms with E-state index in [1.165, 1.54) is 31.2 Å². The Labute approximate surface area is 128 Å². The molecule has 1 aliphatic carbocycles. The summed E-state index contributed by atoms with van der Waals surface area (Å²) in [4.78, 5) is 0. The van der Waals surface area contributed by atoms with Gasteiger partial charge in [-0.05, 0) is 43.0 Å². The predicted molar refractivity (Wildman–Crippen MR) is 85.0 cm³/mol. The minimum absolute atomic E-state index is 0.446. The fraction of sp³-hybridized carbons (Fsp3) is 0.667. The van der Waals surface area contributed by atoms with E-state index in [0.29, 0.717) is 12.0 Å². The average Bonchev–Trinajstić information content (AvgIpc) is 3.32. The summed E-state index contributed by atoms with van der Waals surface area (Å²) >= 11 is 0. The van der Waals surface area contributed by atoms with Crippen LogP contribution >= 0.6 is 0 Å². The van der Waals surface area contributed by atoms with Crippen LogP contribution < -0.4 is 14.8 Å². The fourth-order valence-corrected chi connectivity index (χ4v) is 2.83. The third-order valence-electron chi connectivity index (χ3n) is 4.32. The van der Waals surface area contributed by atoms with Crippen molar-refractivity contribution in [3.05, 3.63) is 23.8 Å². The highest BCUT2D eigenvalue weighted by molar-refractivity contribution is 5.44. The van der Waals surface area contributed by atoms with Gasteiger partial charge in [-0.1, -0.05) is 32.8 Å². The van der Waals surface area contributed by atoms with E-state index in [1.807, 2.05) is 0 Å². The molecule has 1 fully saturated rings. The molecule has 2 aliphatic rings. The van der Waals surface area contributed by atoms with Gasteiger partial charge in [-0.15, -0.1) is 0 Å². The first-order valence-electron chi connectivity index (χ1n) is 8.39. The van der Waals surface area contributed by atoms with Crippen molar-refractivity contribution in [3.63, 3.8) is 0 Å². The number of rotatable bonds is 6. The minimum atomic E-state index is 0.446. The maximum atomic E-state index is 5.92. The molecule has 1 aromatic carbocycles. The van der Waals surface area contributed by atoms with E-state index in [2.05, 4.69) is 37.4 Å². The molecular weight excluding hydrogens is 262 g/mol. The van der Waals surface area contributed by atoms with Crippen molar-refractivity contribution in [3.8, 4) is 11.5 Å². The maximum absolute atomic E-state index is 5.92. The van der Waals surface area contributed by atoms with Crippen molar-refractivity contribution in [2.45, 2.75) is 45.6 Å². The van der Waals surface area contributed by atoms with Crippen LogP contribution in [0.5, 0.6) is 11.5 Å². The largest absolute Gasteiger partial charge is 0.489 e. The van der Waals surface area contributed by atoms with Gasteiger partial charge in [0.15, 0.2) is 11.5 Å². The summed E-state index contributed by atoms with van der Waals surface area (Å²) in [7, 11) is 0. The van der Waals surface area contributed by atoms with Crippen LogP contribution in [0.2, 0.25) is 0 Å². The molecule has 3 heteroatoms. The highest BCUT2D eigenvalue weighted by Crippen LogP contribution is 2.40. The Balaban J connectivity index is 1.76. The Hall–Kier alpha value is -1.22. The maximum Gasteiger partial charge on any atom is 0.161 e. The zero-order valence-corrected chi connectivity index (χ0v) is 13.2. The second-order valence-corrected chi connectivity index (χ2v) is 6.62. The van der Waals surface area contributed by atoms with Crippen LogP contribution in [0, 0.1) is 11.8 Å². The normalized spacial score (nSPS) is 22.7. The van der Waals surface area contributed by atoms with Gasteiger partial charge < -0.3 is 14.8 Å². The quantitative estimate of drug-likeness (QED) is 0.860. The van der Waals surface area contributed by atoms with Crippen molar-refractivity contribution >= 4 is 0 Å². The van der Waals surface area contributed by atoms with Gasteiger partial charge in [0, 0.05) is 12.0 Å². The smallest absolute Gasteiger partial charge is 0.161 e. The van der Waals surface area contributed by atoms with Gasteiger partial charge in [-0.25, -0.2) is 0 Å². The third-order valence-corrected chi connectivity index (χ3v) is 4.32. The van der Waals surface area contributed by atoms with Crippen LogP contribution in [0.4, 0.5) is 0 Å². The van der Waals surface area contributed by atoms with Gasteiger partial charge in [-0.3, -0.25) is 0 Å². The SMILES string of the molecule is CCCNC(CC1CC1)c1ccc2c(c1)OCC(C)CO2. The summed E-state index contributed by atoms with van der Waals surface area (Å²) in [5.41, 5.74) is 1.34. The van der Waals surface area contributed by atoms with Crippen molar-refractivity contribution in [1.29, 1.82) is 0 Å². The molecule has 1 N–H and O–H groups in total. The number of nitrogens with one attached hydrogen (secondary N) is 1. The average molecular weight is 289 g/mol. The topological polar surface area (TPSA) is 30.5 Å². The highest BCUT2D eigenvalue weighted by atomic mass is 16.5. The van der Waals surface area contributed by atoms with E-state index in [4.69, 9.17) is 9.47 Å². The van der Waals surface area contributed by atoms with E-state index in [9.17, 15) is 0 Å². The van der Waals surface area contributed by atoms with Gasteiger partial charge in [0.05, 0.1) is 13.2 Å². The molecule has 1 aromatic rings. The van der Waals surface area contributed by atoms with E-state index >= 15 is 0 Å². The van der Waals surface area contributed by atoms with Gasteiger partial charge in [0.1, 0.15) is 0 Å². The Kier molecular flexibility index (Phi) is 4.69. The lowest BCUT2D eigenvalue weighted by atomic mass is 10.0. The van der Waals surface area contributed by atoms with Crippen molar-refractivity contribution < 1.29 is 9.47 Å². The molecule has 1 heterocycles. The predicted octanol–water partition coefficient (Wildman–Crippen LogP) is 3.93. The summed E-state index contributed by atoms with van der Waals surface area (Å²) in [6.45, 7) is 6.93. The van der Waals surface area contributed by atoms with Gasteiger partial charge in [0.2, 0.25) is 0 Å². The number of benzene rings is 1. The van der Waals surface area contributed by atoms with E-state index in [0.717, 1.165) is 37.2 Å². The number of hydrogen-bond acceptors (Lipinski definition) is 3. The Bertz CT molecular complexity index is 470. The highest BCUT2D eigenvalue weighted by Gasteiger charge is 2.27. The molecule has 3 rings (SSSR count). The molecular formula is C18H27NO2. The lowest BCUT2D eigenvalue weighted by Crippen LogP contribution is -2.22. The summed E-state index contributed by atoms with van der Waals surface area (Å²) in [6.07, 6.45) is 5.21. The standard InChI is InChI=1S/C18H27NO2/c1-3-8-19-16(9-14-4-5-14)15-6-7-17-18(10-15)21-12-13(2)11-20-17/h6-7,10,13-14,16,19H,3-5,8-9,11-12H2,1-2H3. The van der Waals surface area contributed by atoms with Crippen LogP contribution in [0.3, 0.4) is 0 Å². The molecule has 0 bridgehead atoms. The molecule has 0 spiro atoms. The monoisotopic (exact) mass is 289 g/mol. The van der Waals surface area contributed by atoms with Crippen molar-refractivity contribution in [1.82, 2.24) is 5.32 Å². The minimum Gasteiger partial charge on any atom is -0.489 e. The number of ether oxygens (including phenoxy) is 2. The Morgan fingerprint density at radius 1 is 1.19 bits per heavy atom. The van der Waals surface area contributed by atoms with Crippen LogP contribution in [-0.4, -0.2) is 19.8 Å². The molecule has 0 radical (unpaired) electrons. The second kappa shape index (κ2) is 6.69.